The summed E-state index contributed by atoms with van der Waals surface area (Å²) in [6.45, 7) is 5.68. The van der Waals surface area contributed by atoms with Crippen LogP contribution in [0.25, 0.3) is 0 Å². The molecule has 1 aromatic rings. The maximum Gasteiger partial charge on any atom is 0.152 e. The van der Waals surface area contributed by atoms with Crippen LogP contribution < -0.4 is 0 Å². The highest BCUT2D eigenvalue weighted by atomic mass is 35.5. The molecule has 0 aromatic heterocycles. The number of hydrogen-bond donors (Lipinski definition) is 0. The lowest BCUT2D eigenvalue weighted by Gasteiger charge is -2.09. The van der Waals surface area contributed by atoms with Crippen LogP contribution in [0, 0.1) is 6.92 Å². The van der Waals surface area contributed by atoms with Gasteiger partial charge in [-0.3, -0.25) is 4.79 Å². The van der Waals surface area contributed by atoms with E-state index < -0.39 is 5.38 Å². The lowest BCUT2D eigenvalue weighted by atomic mass is 10.0. The van der Waals surface area contributed by atoms with Gasteiger partial charge in [0.2, 0.25) is 0 Å². The first kappa shape index (κ1) is 11.3. The van der Waals surface area contributed by atoms with Gasteiger partial charge in [-0.25, -0.2) is 0 Å². The molecule has 2 heteroatoms. The number of alkyl halides is 1. The predicted octanol–water partition coefficient (Wildman–Crippen LogP) is 3.43. The number of carbonyl (C=O) groups is 1. The molecule has 0 N–H and O–H groups in total. The fourth-order valence-electron chi connectivity index (χ4n) is 1.51. The number of Topliss-reactive ketones (excluding diaryl/α,β-unsaturated/α-hetero) is 1. The number of carbonyl (C=O) groups excluding carboxylic acids is 1. The van der Waals surface area contributed by atoms with Gasteiger partial charge < -0.3 is 0 Å². The Morgan fingerprint density at radius 3 is 2.57 bits per heavy atom. The third kappa shape index (κ3) is 2.36. The zero-order valence-electron chi connectivity index (χ0n) is 8.80. The van der Waals surface area contributed by atoms with Crippen LogP contribution in [0.1, 0.15) is 35.9 Å². The summed E-state index contributed by atoms with van der Waals surface area (Å²) in [5.74, 6) is -0.00434. The molecule has 0 aliphatic rings. The highest BCUT2D eigenvalue weighted by Gasteiger charge is 2.13. The molecule has 0 aliphatic heterocycles. The highest BCUT2D eigenvalue weighted by Crippen LogP contribution is 2.23. The van der Waals surface area contributed by atoms with Gasteiger partial charge >= 0.3 is 0 Å². The van der Waals surface area contributed by atoms with Gasteiger partial charge in [0.15, 0.2) is 5.78 Å². The Labute approximate surface area is 90.1 Å². The molecule has 1 rings (SSSR count). The Morgan fingerprint density at radius 1 is 1.50 bits per heavy atom. The van der Waals surface area contributed by atoms with Crippen molar-refractivity contribution in [3.8, 4) is 0 Å². The normalized spacial score (nSPS) is 12.6. The number of ketones is 1. The van der Waals surface area contributed by atoms with Crippen LogP contribution in [0.5, 0.6) is 0 Å². The Morgan fingerprint density at radius 2 is 2.14 bits per heavy atom. The molecule has 0 radical (unpaired) electrons. The van der Waals surface area contributed by atoms with Gasteiger partial charge in [-0.15, -0.1) is 11.6 Å². The van der Waals surface area contributed by atoms with E-state index in [2.05, 4.69) is 6.92 Å². The van der Waals surface area contributed by atoms with Crippen LogP contribution in [-0.2, 0) is 11.2 Å². The van der Waals surface area contributed by atoms with Crippen molar-refractivity contribution in [2.24, 2.45) is 0 Å². The molecule has 0 bridgehead atoms. The molecule has 0 spiro atoms. The second kappa shape index (κ2) is 4.61. The van der Waals surface area contributed by atoms with Crippen molar-refractivity contribution in [2.45, 2.75) is 32.6 Å². The summed E-state index contributed by atoms with van der Waals surface area (Å²) in [5, 5.41) is -0.500. The predicted molar refractivity (Wildman–Crippen MR) is 59.8 cm³/mol. The molecule has 1 nitrogen and oxygen atoms in total. The minimum absolute atomic E-state index is 0.00434. The first-order valence-corrected chi connectivity index (χ1v) is 5.23. The molecule has 0 amide bonds. The Hall–Kier alpha value is -0.820. The lowest BCUT2D eigenvalue weighted by Crippen LogP contribution is -2.02. The fourth-order valence-corrected chi connectivity index (χ4v) is 1.64. The molecule has 0 saturated heterocycles. The third-order valence-electron chi connectivity index (χ3n) is 2.40. The number of hydrogen-bond acceptors (Lipinski definition) is 1. The summed E-state index contributed by atoms with van der Waals surface area (Å²) < 4.78 is 0. The largest absolute Gasteiger partial charge is 0.298 e. The van der Waals surface area contributed by atoms with E-state index in [1.165, 1.54) is 18.1 Å². The third-order valence-corrected chi connectivity index (χ3v) is 2.96. The van der Waals surface area contributed by atoms with Crippen molar-refractivity contribution in [2.75, 3.05) is 0 Å². The average molecular weight is 211 g/mol. The quantitative estimate of drug-likeness (QED) is 0.699. The van der Waals surface area contributed by atoms with Crippen molar-refractivity contribution in [3.05, 3.63) is 34.9 Å². The zero-order valence-corrected chi connectivity index (χ0v) is 9.56. The first-order valence-electron chi connectivity index (χ1n) is 4.80. The smallest absolute Gasteiger partial charge is 0.152 e. The SMILES string of the molecule is CCc1ccc(C(Cl)C(C)=O)cc1C. The van der Waals surface area contributed by atoms with Gasteiger partial charge in [0.1, 0.15) is 5.38 Å². The molecule has 14 heavy (non-hydrogen) atoms. The van der Waals surface area contributed by atoms with E-state index in [4.69, 9.17) is 11.6 Å². The van der Waals surface area contributed by atoms with E-state index in [-0.39, 0.29) is 5.78 Å². The summed E-state index contributed by atoms with van der Waals surface area (Å²) in [7, 11) is 0. The topological polar surface area (TPSA) is 17.1 Å². The second-order valence-corrected chi connectivity index (χ2v) is 3.95. The molecule has 76 valence electrons. The van der Waals surface area contributed by atoms with Crippen LogP contribution >= 0.6 is 11.6 Å². The maximum atomic E-state index is 11.1. The van der Waals surface area contributed by atoms with E-state index in [1.807, 2.05) is 25.1 Å². The fraction of sp³-hybridized carbons (Fsp3) is 0.417. The van der Waals surface area contributed by atoms with Gasteiger partial charge in [-0.1, -0.05) is 25.1 Å². The number of aryl methyl sites for hydroxylation is 2. The van der Waals surface area contributed by atoms with Crippen LogP contribution in [0.15, 0.2) is 18.2 Å². The van der Waals surface area contributed by atoms with Crippen LogP contribution in [0.3, 0.4) is 0 Å². The van der Waals surface area contributed by atoms with Gasteiger partial charge in [0, 0.05) is 0 Å². The molecule has 1 aromatic carbocycles. The molecule has 0 heterocycles. The maximum absolute atomic E-state index is 11.1. The number of rotatable bonds is 3. The number of benzene rings is 1. The molecule has 0 saturated carbocycles. The van der Waals surface area contributed by atoms with E-state index in [0.717, 1.165) is 12.0 Å². The van der Waals surface area contributed by atoms with Gasteiger partial charge in [-0.2, -0.15) is 0 Å². The molecule has 0 aliphatic carbocycles. The van der Waals surface area contributed by atoms with Gasteiger partial charge in [0.25, 0.3) is 0 Å². The molecular weight excluding hydrogens is 196 g/mol. The minimum atomic E-state index is -0.500. The molecule has 0 fully saturated rings. The average Bonchev–Trinajstić information content (AvgIpc) is 2.16. The van der Waals surface area contributed by atoms with Crippen molar-refractivity contribution in [3.63, 3.8) is 0 Å². The number of halogens is 1. The zero-order chi connectivity index (χ0) is 10.7. The van der Waals surface area contributed by atoms with E-state index in [1.54, 1.807) is 0 Å². The highest BCUT2D eigenvalue weighted by molar-refractivity contribution is 6.30. The van der Waals surface area contributed by atoms with Crippen LogP contribution in [0.4, 0.5) is 0 Å². The minimum Gasteiger partial charge on any atom is -0.298 e. The Bertz CT molecular complexity index is 344. The Kier molecular flexibility index (Phi) is 3.70. The van der Waals surface area contributed by atoms with Crippen LogP contribution in [0.2, 0.25) is 0 Å². The second-order valence-electron chi connectivity index (χ2n) is 3.51. The van der Waals surface area contributed by atoms with E-state index in [0.29, 0.717) is 0 Å². The molecular formula is C12H15ClO. The van der Waals surface area contributed by atoms with Gasteiger partial charge in [-0.05, 0) is 37.0 Å². The van der Waals surface area contributed by atoms with Crippen molar-refractivity contribution in [1.29, 1.82) is 0 Å². The molecule has 1 atom stereocenters. The monoisotopic (exact) mass is 210 g/mol. The summed E-state index contributed by atoms with van der Waals surface area (Å²) in [4.78, 5) is 11.1. The van der Waals surface area contributed by atoms with Crippen molar-refractivity contribution >= 4 is 17.4 Å². The Balaban J connectivity index is 3.02. The first-order chi connectivity index (χ1) is 6.56. The van der Waals surface area contributed by atoms with Crippen molar-refractivity contribution in [1.82, 2.24) is 0 Å². The van der Waals surface area contributed by atoms with Crippen LogP contribution in [-0.4, -0.2) is 5.78 Å². The lowest BCUT2D eigenvalue weighted by molar-refractivity contribution is -0.116. The standard InChI is InChI=1S/C12H15ClO/c1-4-10-5-6-11(7-8(10)2)12(13)9(3)14/h5-7,12H,4H2,1-3H3. The van der Waals surface area contributed by atoms with E-state index >= 15 is 0 Å². The summed E-state index contributed by atoms with van der Waals surface area (Å²) >= 11 is 5.96. The van der Waals surface area contributed by atoms with E-state index in [9.17, 15) is 4.79 Å². The molecule has 1 unspecified atom stereocenters. The van der Waals surface area contributed by atoms with Crippen molar-refractivity contribution < 1.29 is 4.79 Å². The summed E-state index contributed by atoms with van der Waals surface area (Å²) in [5.41, 5.74) is 3.41. The summed E-state index contributed by atoms with van der Waals surface area (Å²) in [6.07, 6.45) is 1.01. The summed E-state index contributed by atoms with van der Waals surface area (Å²) in [6, 6.07) is 5.98. The van der Waals surface area contributed by atoms with Gasteiger partial charge in [0.05, 0.1) is 0 Å².